The lowest BCUT2D eigenvalue weighted by atomic mass is 9.82. The van der Waals surface area contributed by atoms with Crippen LogP contribution < -0.4 is 20.5 Å². The van der Waals surface area contributed by atoms with Gasteiger partial charge in [0.15, 0.2) is 0 Å². The van der Waals surface area contributed by atoms with Crippen molar-refractivity contribution in [1.29, 1.82) is 0 Å². The highest BCUT2D eigenvalue weighted by atomic mass is 35.5. The standard InChI is InChI=1S/C26H34ClN5O3/c1-7-26(4,5)22-24(28)30-14-31-25(22)32-16(3)18-12-19(27)15(2)21(23(18)34-6)17-8-9-20(29-13-17)35-11-10-33/h8-9,12-14,16,33H,7,10-11H2,1-6H3,(H3,28,30,31,32). The van der Waals surface area contributed by atoms with Gasteiger partial charge in [0.2, 0.25) is 5.88 Å². The number of anilines is 2. The molecule has 0 aliphatic rings. The molecule has 0 aliphatic carbocycles. The van der Waals surface area contributed by atoms with Crippen molar-refractivity contribution >= 4 is 23.2 Å². The molecule has 1 atom stereocenters. The number of nitrogens with two attached hydrogens (primary N) is 1. The number of hydrogen-bond acceptors (Lipinski definition) is 8. The maximum Gasteiger partial charge on any atom is 0.213 e. The van der Waals surface area contributed by atoms with Crippen LogP contribution in [0.15, 0.2) is 30.7 Å². The SMILES string of the molecule is CCC(C)(C)c1c(N)ncnc1NC(C)c1cc(Cl)c(C)c(-c2ccc(OCCO)nc2)c1OC. The summed E-state index contributed by atoms with van der Waals surface area (Å²) in [5, 5.41) is 13.1. The summed E-state index contributed by atoms with van der Waals surface area (Å²) in [5.74, 6) is 2.27. The van der Waals surface area contributed by atoms with Crippen LogP contribution in [0.5, 0.6) is 11.6 Å². The summed E-state index contributed by atoms with van der Waals surface area (Å²) in [6.45, 7) is 10.4. The largest absolute Gasteiger partial charge is 0.496 e. The Balaban J connectivity index is 2.06. The molecule has 4 N–H and O–H groups in total. The number of rotatable bonds is 10. The fraction of sp³-hybridized carbons (Fsp3) is 0.423. The van der Waals surface area contributed by atoms with E-state index in [9.17, 15) is 0 Å². The van der Waals surface area contributed by atoms with Gasteiger partial charge in [-0.2, -0.15) is 0 Å². The summed E-state index contributed by atoms with van der Waals surface area (Å²) < 4.78 is 11.3. The second-order valence-electron chi connectivity index (χ2n) is 9.02. The van der Waals surface area contributed by atoms with Crippen LogP contribution >= 0.6 is 11.6 Å². The van der Waals surface area contributed by atoms with Gasteiger partial charge in [0.1, 0.15) is 30.3 Å². The third kappa shape index (κ3) is 5.60. The Bertz CT molecular complexity index is 1170. The summed E-state index contributed by atoms with van der Waals surface area (Å²) in [5.41, 5.74) is 10.4. The third-order valence-corrected chi connectivity index (χ3v) is 6.72. The zero-order valence-electron chi connectivity index (χ0n) is 21.1. The Labute approximate surface area is 211 Å². The average molecular weight is 500 g/mol. The molecular formula is C26H34ClN5O3. The van der Waals surface area contributed by atoms with Gasteiger partial charge in [-0.3, -0.25) is 0 Å². The number of halogens is 1. The first-order chi connectivity index (χ1) is 16.6. The number of ether oxygens (including phenoxy) is 2. The molecule has 0 radical (unpaired) electrons. The fourth-order valence-electron chi connectivity index (χ4n) is 4.03. The van der Waals surface area contributed by atoms with Crippen LogP contribution in [0, 0.1) is 6.92 Å². The number of nitrogens with zero attached hydrogens (tertiary/aromatic N) is 3. The quantitative estimate of drug-likeness (QED) is 0.343. The molecule has 188 valence electrons. The van der Waals surface area contributed by atoms with E-state index in [2.05, 4.69) is 41.0 Å². The van der Waals surface area contributed by atoms with Crippen LogP contribution in [0.1, 0.15) is 56.8 Å². The first kappa shape index (κ1) is 26.5. The Morgan fingerprint density at radius 1 is 1.23 bits per heavy atom. The van der Waals surface area contributed by atoms with E-state index in [4.69, 9.17) is 31.9 Å². The first-order valence-corrected chi connectivity index (χ1v) is 12.0. The Kier molecular flexibility index (Phi) is 8.40. The number of nitrogens with one attached hydrogen (secondary N) is 1. The van der Waals surface area contributed by atoms with Gasteiger partial charge in [0.05, 0.1) is 19.8 Å². The average Bonchev–Trinajstić information content (AvgIpc) is 2.84. The van der Waals surface area contributed by atoms with Crippen molar-refractivity contribution in [2.24, 2.45) is 0 Å². The molecule has 2 heterocycles. The molecule has 8 nitrogen and oxygen atoms in total. The minimum absolute atomic E-state index is 0.0754. The number of benzene rings is 1. The number of methoxy groups -OCH3 is 1. The van der Waals surface area contributed by atoms with Crippen molar-refractivity contribution in [1.82, 2.24) is 15.0 Å². The predicted molar refractivity (Wildman–Crippen MR) is 140 cm³/mol. The van der Waals surface area contributed by atoms with E-state index in [0.29, 0.717) is 28.3 Å². The first-order valence-electron chi connectivity index (χ1n) is 11.6. The van der Waals surface area contributed by atoms with Crippen molar-refractivity contribution in [3.63, 3.8) is 0 Å². The van der Waals surface area contributed by atoms with Gasteiger partial charge in [-0.1, -0.05) is 32.4 Å². The van der Waals surface area contributed by atoms with Crippen LogP contribution in [0.4, 0.5) is 11.6 Å². The lowest BCUT2D eigenvalue weighted by Gasteiger charge is -2.29. The van der Waals surface area contributed by atoms with E-state index in [1.54, 1.807) is 19.4 Å². The summed E-state index contributed by atoms with van der Waals surface area (Å²) in [7, 11) is 1.64. The van der Waals surface area contributed by atoms with Crippen molar-refractivity contribution in [3.8, 4) is 22.8 Å². The van der Waals surface area contributed by atoms with E-state index in [1.165, 1.54) is 6.33 Å². The summed E-state index contributed by atoms with van der Waals surface area (Å²) in [6, 6.07) is 5.37. The molecule has 35 heavy (non-hydrogen) atoms. The van der Waals surface area contributed by atoms with Gasteiger partial charge in [0, 0.05) is 39.5 Å². The lowest BCUT2D eigenvalue weighted by molar-refractivity contribution is 0.196. The molecular weight excluding hydrogens is 466 g/mol. The normalized spacial score (nSPS) is 12.3. The zero-order chi connectivity index (χ0) is 25.8. The molecule has 3 rings (SSSR count). The van der Waals surface area contributed by atoms with Gasteiger partial charge in [-0.25, -0.2) is 15.0 Å². The third-order valence-electron chi connectivity index (χ3n) is 6.33. The van der Waals surface area contributed by atoms with Gasteiger partial charge < -0.3 is 25.6 Å². The lowest BCUT2D eigenvalue weighted by Crippen LogP contribution is -2.23. The highest BCUT2D eigenvalue weighted by Crippen LogP contribution is 2.43. The molecule has 0 amide bonds. The van der Waals surface area contributed by atoms with Crippen LogP contribution in [0.2, 0.25) is 5.02 Å². The summed E-state index contributed by atoms with van der Waals surface area (Å²) in [4.78, 5) is 13.1. The highest BCUT2D eigenvalue weighted by molar-refractivity contribution is 6.32. The van der Waals surface area contributed by atoms with E-state index in [1.807, 2.05) is 26.0 Å². The molecule has 0 fully saturated rings. The fourth-order valence-corrected chi connectivity index (χ4v) is 4.24. The van der Waals surface area contributed by atoms with Crippen molar-refractivity contribution in [2.45, 2.75) is 52.5 Å². The highest BCUT2D eigenvalue weighted by Gasteiger charge is 2.28. The van der Waals surface area contributed by atoms with E-state index in [0.717, 1.165) is 34.2 Å². The van der Waals surface area contributed by atoms with Gasteiger partial charge in [-0.15, -0.1) is 0 Å². The molecule has 9 heteroatoms. The van der Waals surface area contributed by atoms with Crippen molar-refractivity contribution in [2.75, 3.05) is 31.4 Å². The summed E-state index contributed by atoms with van der Waals surface area (Å²) in [6.07, 6.45) is 4.06. The van der Waals surface area contributed by atoms with Gasteiger partial charge in [-0.05, 0) is 43.4 Å². The number of nitrogen functional groups attached to an aromatic ring is 1. The minimum Gasteiger partial charge on any atom is -0.496 e. The van der Waals surface area contributed by atoms with Gasteiger partial charge >= 0.3 is 0 Å². The number of aromatic nitrogens is 3. The van der Waals surface area contributed by atoms with E-state index >= 15 is 0 Å². The molecule has 2 aromatic heterocycles. The van der Waals surface area contributed by atoms with Crippen LogP contribution in [0.25, 0.3) is 11.1 Å². The van der Waals surface area contributed by atoms with Gasteiger partial charge in [0.25, 0.3) is 0 Å². The molecule has 0 aliphatic heterocycles. The summed E-state index contributed by atoms with van der Waals surface area (Å²) >= 11 is 6.69. The molecule has 0 spiro atoms. The topological polar surface area (TPSA) is 115 Å². The Hall–Kier alpha value is -3.10. The van der Waals surface area contributed by atoms with Crippen molar-refractivity contribution in [3.05, 3.63) is 52.4 Å². The maximum absolute atomic E-state index is 8.97. The van der Waals surface area contributed by atoms with Crippen LogP contribution in [-0.4, -0.2) is 40.4 Å². The second kappa shape index (κ2) is 11.1. The number of pyridine rings is 1. The predicted octanol–water partition coefficient (Wildman–Crippen LogP) is 5.32. The van der Waals surface area contributed by atoms with E-state index < -0.39 is 0 Å². The van der Waals surface area contributed by atoms with Crippen molar-refractivity contribution < 1.29 is 14.6 Å². The number of hydrogen-bond donors (Lipinski definition) is 3. The van der Waals surface area contributed by atoms with Crippen LogP contribution in [-0.2, 0) is 5.41 Å². The zero-order valence-corrected chi connectivity index (χ0v) is 21.9. The Morgan fingerprint density at radius 3 is 2.57 bits per heavy atom. The number of aliphatic hydroxyl groups is 1. The second-order valence-corrected chi connectivity index (χ2v) is 9.43. The molecule has 3 aromatic rings. The Morgan fingerprint density at radius 2 is 1.97 bits per heavy atom. The van der Waals surface area contributed by atoms with Crippen LogP contribution in [0.3, 0.4) is 0 Å². The molecule has 0 bridgehead atoms. The molecule has 1 unspecified atom stereocenters. The maximum atomic E-state index is 8.97. The monoisotopic (exact) mass is 499 g/mol. The minimum atomic E-state index is -0.209. The molecule has 0 saturated carbocycles. The molecule has 1 aromatic carbocycles. The smallest absolute Gasteiger partial charge is 0.213 e. The molecule has 0 saturated heterocycles. The number of aliphatic hydroxyl groups excluding tert-OH is 1. The van der Waals surface area contributed by atoms with E-state index in [-0.39, 0.29) is 24.7 Å².